The molecule has 98 valence electrons. The number of nitro groups is 1. The average molecular weight is 285 g/mol. The zero-order valence-corrected chi connectivity index (χ0v) is 10.1. The Hall–Kier alpha value is -2.21. The lowest BCUT2D eigenvalue weighted by atomic mass is 10.2. The molecule has 0 heterocycles. The molecule has 0 bridgehead atoms. The number of halogens is 3. The molecular weight excluding hydrogens is 278 g/mol. The quantitative estimate of drug-likeness (QED) is 0.676. The molecule has 19 heavy (non-hydrogen) atoms. The Bertz CT molecular complexity index is 650. The number of nitrogens with zero attached hydrogens (tertiary/aromatic N) is 1. The Morgan fingerprint density at radius 1 is 1.16 bits per heavy atom. The summed E-state index contributed by atoms with van der Waals surface area (Å²) in [5, 5.41) is 13.4. The van der Waals surface area contributed by atoms with Gasteiger partial charge in [-0.1, -0.05) is 11.6 Å². The minimum atomic E-state index is -0.714. The summed E-state index contributed by atoms with van der Waals surface area (Å²) in [7, 11) is 0. The van der Waals surface area contributed by atoms with E-state index >= 15 is 0 Å². The van der Waals surface area contributed by atoms with Crippen molar-refractivity contribution in [2.45, 2.75) is 0 Å². The lowest BCUT2D eigenvalue weighted by Gasteiger charge is -2.07. The summed E-state index contributed by atoms with van der Waals surface area (Å²) in [5.41, 5.74) is 0.0376. The number of anilines is 2. The normalized spacial score (nSPS) is 10.3. The van der Waals surface area contributed by atoms with Crippen LogP contribution in [0.15, 0.2) is 36.4 Å². The maximum Gasteiger partial charge on any atom is 0.295 e. The molecule has 0 fully saturated rings. The Morgan fingerprint density at radius 2 is 1.89 bits per heavy atom. The van der Waals surface area contributed by atoms with Crippen LogP contribution in [0.25, 0.3) is 0 Å². The number of nitrogens with one attached hydrogen (secondary N) is 1. The predicted octanol–water partition coefficient (Wildman–Crippen LogP) is 4.27. The van der Waals surface area contributed by atoms with E-state index < -0.39 is 22.2 Å². The number of nitro benzene ring substituents is 1. The molecule has 0 aliphatic heterocycles. The first-order chi connectivity index (χ1) is 8.97. The van der Waals surface area contributed by atoms with Crippen molar-refractivity contribution in [2.24, 2.45) is 0 Å². The van der Waals surface area contributed by atoms with Gasteiger partial charge in [-0.15, -0.1) is 0 Å². The molecule has 0 aliphatic rings. The third-order valence-electron chi connectivity index (χ3n) is 2.36. The minimum absolute atomic E-state index is 0.0917. The molecule has 1 N–H and O–H groups in total. The Kier molecular flexibility index (Phi) is 3.62. The first-order valence-corrected chi connectivity index (χ1v) is 5.51. The van der Waals surface area contributed by atoms with Crippen molar-refractivity contribution in [3.05, 3.63) is 63.2 Å². The Labute approximate surface area is 111 Å². The van der Waals surface area contributed by atoms with Crippen molar-refractivity contribution >= 4 is 28.7 Å². The molecule has 7 heteroatoms. The van der Waals surface area contributed by atoms with Crippen molar-refractivity contribution < 1.29 is 13.7 Å². The van der Waals surface area contributed by atoms with Gasteiger partial charge in [-0.05, 0) is 30.3 Å². The highest BCUT2D eigenvalue weighted by molar-refractivity contribution is 6.31. The summed E-state index contributed by atoms with van der Waals surface area (Å²) in [6, 6.07) is 6.89. The fraction of sp³-hybridized carbons (Fsp3) is 0. The fourth-order valence-corrected chi connectivity index (χ4v) is 1.67. The molecule has 0 spiro atoms. The Balaban J connectivity index is 2.37. The highest BCUT2D eigenvalue weighted by atomic mass is 35.5. The number of hydrogen-bond donors (Lipinski definition) is 1. The first kappa shape index (κ1) is 13.2. The van der Waals surface area contributed by atoms with Gasteiger partial charge in [0.2, 0.25) is 0 Å². The van der Waals surface area contributed by atoms with Gasteiger partial charge in [0.15, 0.2) is 0 Å². The smallest absolute Gasteiger partial charge is 0.295 e. The highest BCUT2D eigenvalue weighted by Crippen LogP contribution is 2.29. The van der Waals surface area contributed by atoms with Crippen LogP contribution in [0, 0.1) is 21.7 Å². The molecule has 2 aromatic carbocycles. The van der Waals surface area contributed by atoms with E-state index in [1.807, 2.05) is 0 Å². The van der Waals surface area contributed by atoms with Crippen LogP contribution >= 0.6 is 11.6 Å². The second kappa shape index (κ2) is 5.19. The van der Waals surface area contributed by atoms with Gasteiger partial charge in [-0.2, -0.15) is 0 Å². The van der Waals surface area contributed by atoms with Crippen LogP contribution in [0.5, 0.6) is 0 Å². The highest BCUT2D eigenvalue weighted by Gasteiger charge is 2.15. The minimum Gasteiger partial charge on any atom is -0.350 e. The molecule has 0 aromatic heterocycles. The van der Waals surface area contributed by atoms with E-state index in [0.717, 1.165) is 18.2 Å². The van der Waals surface area contributed by atoms with Gasteiger partial charge < -0.3 is 5.32 Å². The molecule has 0 saturated heterocycles. The van der Waals surface area contributed by atoms with Gasteiger partial charge in [0.1, 0.15) is 17.3 Å². The lowest BCUT2D eigenvalue weighted by molar-refractivity contribution is -0.384. The van der Waals surface area contributed by atoms with Crippen LogP contribution < -0.4 is 5.32 Å². The summed E-state index contributed by atoms with van der Waals surface area (Å²) in [6.45, 7) is 0. The van der Waals surface area contributed by atoms with Crippen molar-refractivity contribution in [1.82, 2.24) is 0 Å². The molecule has 4 nitrogen and oxygen atoms in total. The largest absolute Gasteiger partial charge is 0.350 e. The van der Waals surface area contributed by atoms with E-state index in [-0.39, 0.29) is 10.7 Å². The van der Waals surface area contributed by atoms with E-state index in [0.29, 0.717) is 5.69 Å². The molecule has 0 unspecified atom stereocenters. The molecule has 2 aromatic rings. The van der Waals surface area contributed by atoms with Crippen molar-refractivity contribution in [3.63, 3.8) is 0 Å². The topological polar surface area (TPSA) is 55.2 Å². The number of hydrogen-bond acceptors (Lipinski definition) is 3. The van der Waals surface area contributed by atoms with Gasteiger partial charge in [0.25, 0.3) is 5.69 Å². The van der Waals surface area contributed by atoms with Crippen LogP contribution in [-0.2, 0) is 0 Å². The van der Waals surface area contributed by atoms with Gasteiger partial charge in [0, 0.05) is 5.69 Å². The summed E-state index contributed by atoms with van der Waals surface area (Å²) >= 11 is 5.60. The van der Waals surface area contributed by atoms with Crippen molar-refractivity contribution in [1.29, 1.82) is 0 Å². The molecule has 0 amide bonds. The zero-order chi connectivity index (χ0) is 14.0. The third kappa shape index (κ3) is 2.97. The number of rotatable bonds is 3. The van der Waals surface area contributed by atoms with Crippen LogP contribution in [0.2, 0.25) is 5.02 Å². The van der Waals surface area contributed by atoms with Gasteiger partial charge >= 0.3 is 0 Å². The van der Waals surface area contributed by atoms with Crippen LogP contribution in [0.3, 0.4) is 0 Å². The van der Waals surface area contributed by atoms with E-state index in [1.54, 1.807) is 0 Å². The van der Waals surface area contributed by atoms with E-state index in [2.05, 4.69) is 5.32 Å². The summed E-state index contributed by atoms with van der Waals surface area (Å²) in [5.74, 6) is -1.31. The third-order valence-corrected chi connectivity index (χ3v) is 2.64. The number of benzene rings is 2. The Morgan fingerprint density at radius 3 is 2.53 bits per heavy atom. The van der Waals surface area contributed by atoms with Gasteiger partial charge in [-0.3, -0.25) is 10.1 Å². The van der Waals surface area contributed by atoms with Crippen LogP contribution in [0.1, 0.15) is 0 Å². The second-order valence-corrected chi connectivity index (χ2v) is 4.08. The summed E-state index contributed by atoms with van der Waals surface area (Å²) < 4.78 is 25.9. The van der Waals surface area contributed by atoms with E-state index in [4.69, 9.17) is 11.6 Å². The van der Waals surface area contributed by atoms with E-state index in [1.165, 1.54) is 18.2 Å². The molecule has 2 rings (SSSR count). The van der Waals surface area contributed by atoms with E-state index in [9.17, 15) is 18.9 Å². The van der Waals surface area contributed by atoms with Gasteiger partial charge in [0.05, 0.1) is 16.0 Å². The molecule has 0 atom stereocenters. The summed E-state index contributed by atoms with van der Waals surface area (Å²) in [6.07, 6.45) is 0. The zero-order valence-electron chi connectivity index (χ0n) is 9.36. The monoisotopic (exact) mass is 284 g/mol. The predicted molar refractivity (Wildman–Crippen MR) is 67.7 cm³/mol. The second-order valence-electron chi connectivity index (χ2n) is 3.67. The average Bonchev–Trinajstić information content (AvgIpc) is 2.36. The maximum atomic E-state index is 13.0. The SMILES string of the molecule is O=[N+]([O-])c1cc(F)ccc1Nc1ccc(F)c(Cl)c1. The molecule has 0 radical (unpaired) electrons. The summed E-state index contributed by atoms with van der Waals surface area (Å²) in [4.78, 5) is 10.1. The molecular formula is C12H7ClF2N2O2. The van der Waals surface area contributed by atoms with Crippen molar-refractivity contribution in [3.8, 4) is 0 Å². The molecule has 0 aliphatic carbocycles. The first-order valence-electron chi connectivity index (χ1n) is 5.13. The van der Waals surface area contributed by atoms with Crippen LogP contribution in [0.4, 0.5) is 25.8 Å². The molecule has 0 saturated carbocycles. The standard InChI is InChI=1S/C12H7ClF2N2O2/c13-9-6-8(2-3-10(9)15)16-11-4-1-7(14)5-12(11)17(18)19/h1-6,16H. The van der Waals surface area contributed by atoms with Crippen molar-refractivity contribution in [2.75, 3.05) is 5.32 Å². The lowest BCUT2D eigenvalue weighted by Crippen LogP contribution is -1.98. The van der Waals surface area contributed by atoms with Gasteiger partial charge in [-0.25, -0.2) is 8.78 Å². The maximum absolute atomic E-state index is 13.0. The fourth-order valence-electron chi connectivity index (χ4n) is 1.49. The van der Waals surface area contributed by atoms with Crippen LogP contribution in [-0.4, -0.2) is 4.92 Å².